The standard InChI is InChI=1S/C11H16N2/c1-2-8-9(7-10(8)12)11-5-3-4-6-13-11/h3-6,8-10H,2,7,12H2,1H3. The maximum absolute atomic E-state index is 5.93. The van der Waals surface area contributed by atoms with E-state index in [9.17, 15) is 0 Å². The van der Waals surface area contributed by atoms with Crippen molar-refractivity contribution in [2.45, 2.75) is 31.7 Å². The van der Waals surface area contributed by atoms with Gasteiger partial charge in [-0.25, -0.2) is 0 Å². The Morgan fingerprint density at radius 3 is 2.92 bits per heavy atom. The van der Waals surface area contributed by atoms with E-state index in [-0.39, 0.29) is 0 Å². The van der Waals surface area contributed by atoms with Crippen molar-refractivity contribution >= 4 is 0 Å². The Bertz CT molecular complexity index is 271. The molecule has 13 heavy (non-hydrogen) atoms. The second-order valence-electron chi connectivity index (χ2n) is 3.83. The van der Waals surface area contributed by atoms with Gasteiger partial charge in [-0.1, -0.05) is 19.4 Å². The molecule has 3 atom stereocenters. The summed E-state index contributed by atoms with van der Waals surface area (Å²) in [5.41, 5.74) is 7.15. The Kier molecular flexibility index (Phi) is 2.32. The van der Waals surface area contributed by atoms with E-state index in [0.29, 0.717) is 17.9 Å². The fourth-order valence-electron chi connectivity index (χ4n) is 2.27. The van der Waals surface area contributed by atoms with Crippen LogP contribution in [0.3, 0.4) is 0 Å². The summed E-state index contributed by atoms with van der Waals surface area (Å²) in [6, 6.07) is 6.53. The van der Waals surface area contributed by atoms with Crippen LogP contribution < -0.4 is 5.73 Å². The third-order valence-corrected chi connectivity index (χ3v) is 3.13. The molecule has 0 radical (unpaired) electrons. The SMILES string of the molecule is CCC1C(N)CC1c1ccccn1. The molecule has 1 aromatic rings. The van der Waals surface area contributed by atoms with Gasteiger partial charge in [0, 0.05) is 23.9 Å². The highest BCUT2D eigenvalue weighted by atomic mass is 14.8. The molecule has 1 saturated carbocycles. The van der Waals surface area contributed by atoms with Gasteiger partial charge in [-0.2, -0.15) is 0 Å². The van der Waals surface area contributed by atoms with Crippen LogP contribution in [0.1, 0.15) is 31.4 Å². The van der Waals surface area contributed by atoms with Crippen molar-refractivity contribution in [2.75, 3.05) is 0 Å². The second-order valence-corrected chi connectivity index (χ2v) is 3.83. The zero-order valence-electron chi connectivity index (χ0n) is 7.98. The molecule has 0 amide bonds. The highest BCUT2D eigenvalue weighted by Crippen LogP contribution is 2.42. The molecule has 2 heteroatoms. The van der Waals surface area contributed by atoms with E-state index in [2.05, 4.69) is 24.0 Å². The molecule has 1 aliphatic rings. The molecular weight excluding hydrogens is 160 g/mol. The normalized spacial score (nSPS) is 32.6. The van der Waals surface area contributed by atoms with Crippen LogP contribution >= 0.6 is 0 Å². The predicted molar refractivity (Wildman–Crippen MR) is 53.4 cm³/mol. The number of nitrogens with two attached hydrogens (primary N) is 1. The number of aromatic nitrogens is 1. The van der Waals surface area contributed by atoms with E-state index in [1.54, 1.807) is 0 Å². The Morgan fingerprint density at radius 1 is 1.54 bits per heavy atom. The highest BCUT2D eigenvalue weighted by Gasteiger charge is 2.38. The fourth-order valence-corrected chi connectivity index (χ4v) is 2.27. The third-order valence-electron chi connectivity index (χ3n) is 3.13. The van der Waals surface area contributed by atoms with E-state index in [1.807, 2.05) is 12.3 Å². The van der Waals surface area contributed by atoms with Gasteiger partial charge in [0.15, 0.2) is 0 Å². The summed E-state index contributed by atoms with van der Waals surface area (Å²) in [5, 5.41) is 0. The molecule has 2 rings (SSSR count). The molecule has 0 aromatic carbocycles. The Balaban J connectivity index is 2.12. The van der Waals surface area contributed by atoms with Crippen LogP contribution in [0.25, 0.3) is 0 Å². The summed E-state index contributed by atoms with van der Waals surface area (Å²) in [4.78, 5) is 4.38. The van der Waals surface area contributed by atoms with Gasteiger partial charge in [0.1, 0.15) is 0 Å². The van der Waals surface area contributed by atoms with Crippen molar-refractivity contribution < 1.29 is 0 Å². The topological polar surface area (TPSA) is 38.9 Å². The minimum atomic E-state index is 0.400. The maximum atomic E-state index is 5.93. The molecule has 0 saturated heterocycles. The van der Waals surface area contributed by atoms with Gasteiger partial charge in [0.2, 0.25) is 0 Å². The van der Waals surface area contributed by atoms with Crippen LogP contribution in [-0.4, -0.2) is 11.0 Å². The van der Waals surface area contributed by atoms with E-state index in [0.717, 1.165) is 6.42 Å². The smallest absolute Gasteiger partial charge is 0.0438 e. The summed E-state index contributed by atoms with van der Waals surface area (Å²) in [6.07, 6.45) is 4.14. The molecule has 0 aliphatic heterocycles. The summed E-state index contributed by atoms with van der Waals surface area (Å²) >= 11 is 0. The summed E-state index contributed by atoms with van der Waals surface area (Å²) in [7, 11) is 0. The third kappa shape index (κ3) is 1.46. The van der Waals surface area contributed by atoms with Crippen molar-refractivity contribution in [3.8, 4) is 0 Å². The van der Waals surface area contributed by atoms with Gasteiger partial charge in [0.25, 0.3) is 0 Å². The van der Waals surface area contributed by atoms with Gasteiger partial charge in [-0.05, 0) is 24.5 Å². The number of nitrogens with zero attached hydrogens (tertiary/aromatic N) is 1. The summed E-state index contributed by atoms with van der Waals surface area (Å²) in [5.74, 6) is 1.26. The average molecular weight is 176 g/mol. The summed E-state index contributed by atoms with van der Waals surface area (Å²) in [6.45, 7) is 2.21. The van der Waals surface area contributed by atoms with E-state index in [1.165, 1.54) is 12.1 Å². The fraction of sp³-hybridized carbons (Fsp3) is 0.545. The van der Waals surface area contributed by atoms with Crippen molar-refractivity contribution in [2.24, 2.45) is 11.7 Å². The first-order chi connectivity index (χ1) is 6.33. The van der Waals surface area contributed by atoms with Crippen LogP contribution in [0.15, 0.2) is 24.4 Å². The van der Waals surface area contributed by atoms with E-state index >= 15 is 0 Å². The lowest BCUT2D eigenvalue weighted by Gasteiger charge is -2.42. The van der Waals surface area contributed by atoms with Crippen LogP contribution in [-0.2, 0) is 0 Å². The molecular formula is C11H16N2. The van der Waals surface area contributed by atoms with Crippen molar-refractivity contribution in [1.29, 1.82) is 0 Å². The number of rotatable bonds is 2. The molecule has 0 bridgehead atoms. The Labute approximate surface area is 79.2 Å². The zero-order valence-corrected chi connectivity index (χ0v) is 7.98. The van der Waals surface area contributed by atoms with Crippen molar-refractivity contribution in [1.82, 2.24) is 4.98 Å². The first-order valence-corrected chi connectivity index (χ1v) is 4.99. The van der Waals surface area contributed by atoms with E-state index < -0.39 is 0 Å². The van der Waals surface area contributed by atoms with Crippen LogP contribution in [0.5, 0.6) is 0 Å². The number of hydrogen-bond donors (Lipinski definition) is 1. The maximum Gasteiger partial charge on any atom is 0.0438 e. The van der Waals surface area contributed by atoms with Crippen LogP contribution in [0.2, 0.25) is 0 Å². The van der Waals surface area contributed by atoms with Gasteiger partial charge in [-0.15, -0.1) is 0 Å². The van der Waals surface area contributed by atoms with Crippen LogP contribution in [0.4, 0.5) is 0 Å². The quantitative estimate of drug-likeness (QED) is 0.747. The average Bonchev–Trinajstić information content (AvgIpc) is 2.16. The van der Waals surface area contributed by atoms with Gasteiger partial charge in [0.05, 0.1) is 0 Å². The minimum Gasteiger partial charge on any atom is -0.327 e. The first kappa shape index (κ1) is 8.70. The van der Waals surface area contributed by atoms with Crippen molar-refractivity contribution in [3.63, 3.8) is 0 Å². The van der Waals surface area contributed by atoms with Crippen LogP contribution in [0, 0.1) is 5.92 Å². The number of pyridine rings is 1. The number of hydrogen-bond acceptors (Lipinski definition) is 2. The second kappa shape index (κ2) is 3.46. The highest BCUT2D eigenvalue weighted by molar-refractivity contribution is 5.16. The van der Waals surface area contributed by atoms with Crippen molar-refractivity contribution in [3.05, 3.63) is 30.1 Å². The molecule has 1 heterocycles. The Hall–Kier alpha value is -0.890. The Morgan fingerprint density at radius 2 is 2.38 bits per heavy atom. The molecule has 2 N–H and O–H groups in total. The molecule has 1 aliphatic carbocycles. The largest absolute Gasteiger partial charge is 0.327 e. The predicted octanol–water partition coefficient (Wildman–Crippen LogP) is 1.92. The van der Waals surface area contributed by atoms with Gasteiger partial charge >= 0.3 is 0 Å². The zero-order chi connectivity index (χ0) is 9.26. The lowest BCUT2D eigenvalue weighted by atomic mass is 9.67. The monoisotopic (exact) mass is 176 g/mol. The molecule has 1 aromatic heterocycles. The van der Waals surface area contributed by atoms with E-state index in [4.69, 9.17) is 5.73 Å². The molecule has 3 unspecified atom stereocenters. The molecule has 70 valence electrons. The first-order valence-electron chi connectivity index (χ1n) is 4.99. The lowest BCUT2D eigenvalue weighted by Crippen LogP contribution is -2.45. The van der Waals surface area contributed by atoms with Gasteiger partial charge < -0.3 is 5.73 Å². The lowest BCUT2D eigenvalue weighted by molar-refractivity contribution is 0.194. The molecule has 0 spiro atoms. The summed E-state index contributed by atoms with van der Waals surface area (Å²) < 4.78 is 0. The molecule has 1 fully saturated rings. The molecule has 2 nitrogen and oxygen atoms in total. The van der Waals surface area contributed by atoms with Gasteiger partial charge in [-0.3, -0.25) is 4.98 Å². The minimum absolute atomic E-state index is 0.400.